The fourth-order valence-electron chi connectivity index (χ4n) is 2.99. The van der Waals surface area contributed by atoms with E-state index in [1.807, 2.05) is 33.9 Å². The van der Waals surface area contributed by atoms with E-state index in [4.69, 9.17) is 9.26 Å². The van der Waals surface area contributed by atoms with Crippen LogP contribution in [-0.2, 0) is 16.0 Å². The van der Waals surface area contributed by atoms with Crippen LogP contribution in [0.25, 0.3) is 0 Å². The largest absolute Gasteiger partial charge is 0.377 e. The molecule has 1 amide bonds. The van der Waals surface area contributed by atoms with Gasteiger partial charge in [0.25, 0.3) is 0 Å². The van der Waals surface area contributed by atoms with Crippen molar-refractivity contribution in [3.63, 3.8) is 0 Å². The van der Waals surface area contributed by atoms with Gasteiger partial charge in [0.1, 0.15) is 17.6 Å². The summed E-state index contributed by atoms with van der Waals surface area (Å²) in [6, 6.07) is 1.57. The number of nitrogens with zero attached hydrogens (tertiary/aromatic N) is 4. The Bertz CT molecular complexity index is 754. The Hall–Kier alpha value is -2.48. The van der Waals surface area contributed by atoms with E-state index in [1.165, 1.54) is 0 Å². The lowest BCUT2D eigenvalue weighted by Crippen LogP contribution is -2.45. The molecule has 134 valence electrons. The molecule has 1 atom stereocenters. The van der Waals surface area contributed by atoms with Crippen molar-refractivity contribution in [1.82, 2.24) is 20.0 Å². The van der Waals surface area contributed by atoms with Crippen LogP contribution in [0.5, 0.6) is 0 Å². The minimum Gasteiger partial charge on any atom is -0.377 e. The van der Waals surface area contributed by atoms with Crippen molar-refractivity contribution in [2.45, 2.75) is 33.2 Å². The van der Waals surface area contributed by atoms with E-state index in [9.17, 15) is 4.79 Å². The first kappa shape index (κ1) is 17.3. The van der Waals surface area contributed by atoms with Gasteiger partial charge in [-0.1, -0.05) is 5.16 Å². The monoisotopic (exact) mass is 345 g/mol. The molecule has 3 heterocycles. The summed E-state index contributed by atoms with van der Waals surface area (Å²) in [6.45, 7) is 6.99. The average Bonchev–Trinajstić information content (AvgIpc) is 2.93. The Balaban J connectivity index is 1.86. The summed E-state index contributed by atoms with van der Waals surface area (Å²) >= 11 is 0. The van der Waals surface area contributed by atoms with Crippen LogP contribution in [0.4, 0.5) is 5.82 Å². The zero-order chi connectivity index (χ0) is 18.0. The van der Waals surface area contributed by atoms with E-state index >= 15 is 0 Å². The molecule has 0 radical (unpaired) electrons. The number of aryl methyl sites for hydroxylation is 3. The number of carbonyl (C=O) groups is 1. The van der Waals surface area contributed by atoms with Crippen molar-refractivity contribution in [2.24, 2.45) is 0 Å². The van der Waals surface area contributed by atoms with Gasteiger partial charge < -0.3 is 19.5 Å². The number of rotatable bonds is 4. The van der Waals surface area contributed by atoms with Crippen LogP contribution in [0.2, 0.25) is 0 Å². The van der Waals surface area contributed by atoms with Crippen molar-refractivity contribution in [3.8, 4) is 0 Å². The molecule has 25 heavy (non-hydrogen) atoms. The van der Waals surface area contributed by atoms with E-state index in [1.54, 1.807) is 4.90 Å². The second-order valence-corrected chi connectivity index (χ2v) is 6.16. The summed E-state index contributed by atoms with van der Waals surface area (Å²) in [4.78, 5) is 23.7. The molecule has 1 aliphatic rings. The third-order valence-corrected chi connectivity index (χ3v) is 4.38. The van der Waals surface area contributed by atoms with Crippen LogP contribution < -0.4 is 5.32 Å². The van der Waals surface area contributed by atoms with Crippen LogP contribution in [0.3, 0.4) is 0 Å². The summed E-state index contributed by atoms with van der Waals surface area (Å²) < 4.78 is 10.8. The quantitative estimate of drug-likeness (QED) is 0.899. The van der Waals surface area contributed by atoms with Gasteiger partial charge in [0.2, 0.25) is 5.91 Å². The number of nitrogens with one attached hydrogen (secondary N) is 1. The van der Waals surface area contributed by atoms with Crippen LogP contribution in [0, 0.1) is 20.8 Å². The highest BCUT2D eigenvalue weighted by Crippen LogP contribution is 2.25. The maximum absolute atomic E-state index is 12.9. The van der Waals surface area contributed by atoms with Crippen molar-refractivity contribution in [1.29, 1.82) is 0 Å². The molecule has 0 saturated carbocycles. The van der Waals surface area contributed by atoms with Crippen molar-refractivity contribution in [2.75, 3.05) is 32.1 Å². The lowest BCUT2D eigenvalue weighted by molar-refractivity contribution is -0.139. The Labute approximate surface area is 146 Å². The molecular weight excluding hydrogens is 322 g/mol. The SMILES string of the molecule is CNc1cc(C)nc([C@@H]2COCCN2C(=O)Cc2c(C)noc2C)n1. The van der Waals surface area contributed by atoms with Gasteiger partial charge in [-0.25, -0.2) is 9.97 Å². The number of ether oxygens (including phenoxy) is 1. The molecule has 0 aromatic carbocycles. The molecule has 1 saturated heterocycles. The number of morpholine rings is 1. The van der Waals surface area contributed by atoms with Gasteiger partial charge in [-0.15, -0.1) is 0 Å². The minimum absolute atomic E-state index is 0.00110. The predicted octanol–water partition coefficient (Wildman–Crippen LogP) is 1.57. The molecule has 1 N–H and O–H groups in total. The first-order valence-electron chi connectivity index (χ1n) is 8.32. The number of hydrogen-bond acceptors (Lipinski definition) is 7. The fourth-order valence-corrected chi connectivity index (χ4v) is 2.99. The van der Waals surface area contributed by atoms with Gasteiger partial charge in [0.15, 0.2) is 5.82 Å². The molecule has 1 aliphatic heterocycles. The van der Waals surface area contributed by atoms with Crippen LogP contribution >= 0.6 is 0 Å². The maximum Gasteiger partial charge on any atom is 0.227 e. The molecule has 3 rings (SSSR count). The van der Waals surface area contributed by atoms with Crippen LogP contribution in [0.1, 0.15) is 34.6 Å². The molecule has 0 unspecified atom stereocenters. The first-order chi connectivity index (χ1) is 12.0. The normalized spacial score (nSPS) is 17.6. The molecular formula is C17H23N5O3. The third kappa shape index (κ3) is 3.63. The van der Waals surface area contributed by atoms with E-state index in [2.05, 4.69) is 20.4 Å². The molecule has 1 fully saturated rings. The summed E-state index contributed by atoms with van der Waals surface area (Å²) in [7, 11) is 1.81. The van der Waals surface area contributed by atoms with Crippen molar-refractivity contribution < 1.29 is 14.1 Å². The second kappa shape index (κ2) is 7.18. The topological polar surface area (TPSA) is 93.4 Å². The molecule has 0 bridgehead atoms. The number of aromatic nitrogens is 3. The summed E-state index contributed by atoms with van der Waals surface area (Å²) in [5.74, 6) is 2.00. The highest BCUT2D eigenvalue weighted by Gasteiger charge is 2.32. The van der Waals surface area contributed by atoms with Gasteiger partial charge in [-0.2, -0.15) is 0 Å². The Morgan fingerprint density at radius 3 is 2.84 bits per heavy atom. The van der Waals surface area contributed by atoms with Crippen molar-refractivity contribution >= 4 is 11.7 Å². The zero-order valence-corrected chi connectivity index (χ0v) is 15.0. The lowest BCUT2D eigenvalue weighted by Gasteiger charge is -2.35. The van der Waals surface area contributed by atoms with E-state index < -0.39 is 0 Å². The number of anilines is 1. The standard InChI is InChI=1S/C17H23N5O3/c1-10-7-15(18-4)20-17(19-10)14-9-24-6-5-22(14)16(23)8-13-11(2)21-25-12(13)3/h7,14H,5-6,8-9H2,1-4H3,(H,18,19,20)/t14-/m0/s1. The summed E-state index contributed by atoms with van der Waals surface area (Å²) in [6.07, 6.45) is 0.252. The number of amides is 1. The maximum atomic E-state index is 12.9. The second-order valence-electron chi connectivity index (χ2n) is 6.16. The van der Waals surface area contributed by atoms with Crippen molar-refractivity contribution in [3.05, 3.63) is 34.6 Å². The van der Waals surface area contributed by atoms with E-state index in [-0.39, 0.29) is 18.4 Å². The summed E-state index contributed by atoms with van der Waals surface area (Å²) in [5, 5.41) is 6.95. The van der Waals surface area contributed by atoms with Crippen LogP contribution in [-0.4, -0.2) is 52.7 Å². The average molecular weight is 345 g/mol. The van der Waals surface area contributed by atoms with Gasteiger partial charge in [0, 0.05) is 30.9 Å². The Morgan fingerprint density at radius 1 is 1.36 bits per heavy atom. The number of hydrogen-bond donors (Lipinski definition) is 1. The predicted molar refractivity (Wildman–Crippen MR) is 91.3 cm³/mol. The first-order valence-corrected chi connectivity index (χ1v) is 8.32. The van der Waals surface area contributed by atoms with E-state index in [0.29, 0.717) is 31.3 Å². The smallest absolute Gasteiger partial charge is 0.227 e. The Morgan fingerprint density at radius 2 is 2.16 bits per heavy atom. The highest BCUT2D eigenvalue weighted by molar-refractivity contribution is 5.79. The molecule has 0 aliphatic carbocycles. The molecule has 2 aromatic heterocycles. The van der Waals surface area contributed by atoms with Gasteiger partial charge >= 0.3 is 0 Å². The summed E-state index contributed by atoms with van der Waals surface area (Å²) in [5.41, 5.74) is 2.44. The molecule has 8 heteroatoms. The molecule has 2 aromatic rings. The number of carbonyl (C=O) groups excluding carboxylic acids is 1. The van der Waals surface area contributed by atoms with E-state index in [0.717, 1.165) is 22.8 Å². The van der Waals surface area contributed by atoms with Gasteiger partial charge in [-0.05, 0) is 20.8 Å². The molecule has 8 nitrogen and oxygen atoms in total. The van der Waals surface area contributed by atoms with Crippen LogP contribution in [0.15, 0.2) is 10.6 Å². The third-order valence-electron chi connectivity index (χ3n) is 4.38. The minimum atomic E-state index is -0.297. The Kier molecular flexibility index (Phi) is 4.98. The lowest BCUT2D eigenvalue weighted by atomic mass is 10.1. The fraction of sp³-hybridized carbons (Fsp3) is 0.529. The van der Waals surface area contributed by atoms with Gasteiger partial charge in [-0.3, -0.25) is 4.79 Å². The highest BCUT2D eigenvalue weighted by atomic mass is 16.5. The van der Waals surface area contributed by atoms with Gasteiger partial charge in [0.05, 0.1) is 25.3 Å². The zero-order valence-electron chi connectivity index (χ0n) is 15.0. The molecule has 0 spiro atoms.